The number of amides is 2. The fourth-order valence-electron chi connectivity index (χ4n) is 3.77. The Morgan fingerprint density at radius 2 is 1.74 bits per heavy atom. The van der Waals surface area contributed by atoms with Crippen molar-refractivity contribution >= 4 is 28.4 Å². The molecule has 1 aliphatic rings. The second-order valence-corrected chi connectivity index (χ2v) is 7.75. The molecule has 1 aromatic heterocycles. The highest BCUT2D eigenvalue weighted by atomic mass is 16.5. The molecule has 0 bridgehead atoms. The first-order valence-electron chi connectivity index (χ1n) is 10.3. The molecular formula is C24H25N3O4. The van der Waals surface area contributed by atoms with E-state index in [2.05, 4.69) is 5.32 Å². The molecule has 2 amide bonds. The molecule has 0 unspecified atom stereocenters. The number of nitrogens with one attached hydrogen (secondary N) is 1. The highest BCUT2D eigenvalue weighted by molar-refractivity contribution is 6.06. The molecule has 4 rings (SSSR count). The summed E-state index contributed by atoms with van der Waals surface area (Å²) in [5.74, 6) is -0.494. The van der Waals surface area contributed by atoms with Gasteiger partial charge in [0.1, 0.15) is 6.54 Å². The lowest BCUT2D eigenvalue weighted by atomic mass is 10.1. The second kappa shape index (κ2) is 8.73. The first-order valence-corrected chi connectivity index (χ1v) is 10.3. The molecule has 0 radical (unpaired) electrons. The summed E-state index contributed by atoms with van der Waals surface area (Å²) in [6.45, 7) is 5.81. The molecule has 7 nitrogen and oxygen atoms in total. The van der Waals surface area contributed by atoms with E-state index in [4.69, 9.17) is 4.74 Å². The third-order valence-corrected chi connectivity index (χ3v) is 5.64. The zero-order valence-electron chi connectivity index (χ0n) is 17.7. The Labute approximate surface area is 180 Å². The van der Waals surface area contributed by atoms with Crippen LogP contribution in [0.4, 0.5) is 5.69 Å². The van der Waals surface area contributed by atoms with Gasteiger partial charge in [-0.2, -0.15) is 0 Å². The van der Waals surface area contributed by atoms with Gasteiger partial charge in [0, 0.05) is 30.2 Å². The molecule has 2 aromatic carbocycles. The standard InChI is InChI=1S/C24H25N3O4/c1-16-7-8-18(13-17(16)2)25-22(28)15-27-21-6-4-3-5-19(21)20(14-23(27)29)24(30)26-9-11-31-12-10-26/h3-8,13-14H,9-12,15H2,1-2H3,(H,25,28). The molecule has 0 aliphatic carbocycles. The third-order valence-electron chi connectivity index (χ3n) is 5.64. The van der Waals surface area contributed by atoms with Gasteiger partial charge in [-0.15, -0.1) is 0 Å². The molecule has 7 heteroatoms. The van der Waals surface area contributed by atoms with Crippen molar-refractivity contribution in [1.82, 2.24) is 9.47 Å². The molecule has 1 fully saturated rings. The normalized spacial score (nSPS) is 13.9. The summed E-state index contributed by atoms with van der Waals surface area (Å²) < 4.78 is 6.72. The lowest BCUT2D eigenvalue weighted by molar-refractivity contribution is -0.116. The first-order chi connectivity index (χ1) is 14.9. The van der Waals surface area contributed by atoms with Gasteiger partial charge >= 0.3 is 0 Å². The molecule has 1 saturated heterocycles. The number of para-hydroxylation sites is 1. The van der Waals surface area contributed by atoms with Crippen LogP contribution < -0.4 is 10.9 Å². The Morgan fingerprint density at radius 1 is 1.00 bits per heavy atom. The van der Waals surface area contributed by atoms with Gasteiger partial charge in [0.15, 0.2) is 0 Å². The number of ether oxygens (including phenoxy) is 1. The Bertz CT molecular complexity index is 1210. The lowest BCUT2D eigenvalue weighted by Crippen LogP contribution is -2.41. The Morgan fingerprint density at radius 3 is 2.48 bits per heavy atom. The molecule has 160 valence electrons. The van der Waals surface area contributed by atoms with E-state index in [-0.39, 0.29) is 23.9 Å². The fourth-order valence-corrected chi connectivity index (χ4v) is 3.77. The van der Waals surface area contributed by atoms with Crippen molar-refractivity contribution in [3.8, 4) is 0 Å². The number of hydrogen-bond acceptors (Lipinski definition) is 4. The predicted molar refractivity (Wildman–Crippen MR) is 119 cm³/mol. The minimum atomic E-state index is -0.384. The van der Waals surface area contributed by atoms with Crippen molar-refractivity contribution in [2.24, 2.45) is 0 Å². The number of hydrogen-bond donors (Lipinski definition) is 1. The molecule has 1 aliphatic heterocycles. The van der Waals surface area contributed by atoms with Gasteiger partial charge in [-0.1, -0.05) is 24.3 Å². The second-order valence-electron chi connectivity index (χ2n) is 7.75. The molecule has 0 spiro atoms. The monoisotopic (exact) mass is 419 g/mol. The molecular weight excluding hydrogens is 394 g/mol. The molecule has 1 N–H and O–H groups in total. The van der Waals surface area contributed by atoms with Gasteiger partial charge < -0.3 is 15.0 Å². The largest absolute Gasteiger partial charge is 0.378 e. The topological polar surface area (TPSA) is 80.6 Å². The van der Waals surface area contributed by atoms with E-state index in [1.807, 2.05) is 38.1 Å². The van der Waals surface area contributed by atoms with E-state index in [0.29, 0.717) is 48.5 Å². The van der Waals surface area contributed by atoms with Crippen molar-refractivity contribution in [1.29, 1.82) is 0 Å². The SMILES string of the molecule is Cc1ccc(NC(=O)Cn2c(=O)cc(C(=O)N3CCOCC3)c3ccccc32)cc1C. The Kier molecular flexibility index (Phi) is 5.86. The minimum Gasteiger partial charge on any atom is -0.378 e. The number of fused-ring (bicyclic) bond motifs is 1. The number of rotatable bonds is 4. The van der Waals surface area contributed by atoms with E-state index in [1.165, 1.54) is 10.6 Å². The van der Waals surface area contributed by atoms with Crippen LogP contribution in [0.5, 0.6) is 0 Å². The molecule has 2 heterocycles. The van der Waals surface area contributed by atoms with Crippen LogP contribution in [0.3, 0.4) is 0 Å². The number of carbonyl (C=O) groups is 2. The minimum absolute atomic E-state index is 0.141. The highest BCUT2D eigenvalue weighted by Gasteiger charge is 2.22. The van der Waals surface area contributed by atoms with Crippen molar-refractivity contribution in [2.45, 2.75) is 20.4 Å². The summed E-state index contributed by atoms with van der Waals surface area (Å²) in [6.07, 6.45) is 0. The summed E-state index contributed by atoms with van der Waals surface area (Å²) in [5.41, 5.74) is 3.43. The van der Waals surface area contributed by atoms with E-state index >= 15 is 0 Å². The first kappa shape index (κ1) is 20.8. The smallest absolute Gasteiger partial charge is 0.254 e. The van der Waals surface area contributed by atoms with Crippen LogP contribution in [0.25, 0.3) is 10.9 Å². The quantitative estimate of drug-likeness (QED) is 0.705. The summed E-state index contributed by atoms with van der Waals surface area (Å²) in [4.78, 5) is 40.3. The van der Waals surface area contributed by atoms with Crippen LogP contribution in [-0.2, 0) is 16.1 Å². The molecule has 0 atom stereocenters. The summed E-state index contributed by atoms with van der Waals surface area (Å²) in [7, 11) is 0. The van der Waals surface area contributed by atoms with E-state index < -0.39 is 0 Å². The van der Waals surface area contributed by atoms with Gasteiger partial charge in [0.2, 0.25) is 5.91 Å². The van der Waals surface area contributed by atoms with E-state index in [0.717, 1.165) is 11.1 Å². The maximum absolute atomic E-state index is 13.0. The third kappa shape index (κ3) is 4.36. The number of nitrogens with zero attached hydrogens (tertiary/aromatic N) is 2. The Hall–Kier alpha value is -3.45. The van der Waals surface area contributed by atoms with Gasteiger partial charge in [0.05, 0.1) is 24.3 Å². The number of aryl methyl sites for hydroxylation is 2. The van der Waals surface area contributed by atoms with Gasteiger partial charge in [-0.25, -0.2) is 0 Å². The van der Waals surface area contributed by atoms with Gasteiger partial charge in [-0.3, -0.25) is 19.0 Å². The molecule has 3 aromatic rings. The predicted octanol–water partition coefficient (Wildman–Crippen LogP) is 2.73. The average molecular weight is 419 g/mol. The lowest BCUT2D eigenvalue weighted by Gasteiger charge is -2.27. The average Bonchev–Trinajstić information content (AvgIpc) is 2.78. The van der Waals surface area contributed by atoms with Crippen LogP contribution in [-0.4, -0.2) is 47.6 Å². The van der Waals surface area contributed by atoms with Gasteiger partial charge in [-0.05, 0) is 43.2 Å². The van der Waals surface area contributed by atoms with Crippen LogP contribution >= 0.6 is 0 Å². The van der Waals surface area contributed by atoms with Gasteiger partial charge in [0.25, 0.3) is 11.5 Å². The molecule has 31 heavy (non-hydrogen) atoms. The van der Waals surface area contributed by atoms with Crippen molar-refractivity contribution in [3.05, 3.63) is 75.6 Å². The van der Waals surface area contributed by atoms with Crippen LogP contribution in [0.2, 0.25) is 0 Å². The van der Waals surface area contributed by atoms with Crippen molar-refractivity contribution < 1.29 is 14.3 Å². The van der Waals surface area contributed by atoms with Crippen LogP contribution in [0.1, 0.15) is 21.5 Å². The van der Waals surface area contributed by atoms with Crippen LogP contribution in [0, 0.1) is 13.8 Å². The number of morpholine rings is 1. The zero-order valence-corrected chi connectivity index (χ0v) is 17.7. The number of anilines is 1. The van der Waals surface area contributed by atoms with Crippen molar-refractivity contribution in [2.75, 3.05) is 31.6 Å². The summed E-state index contributed by atoms with van der Waals surface area (Å²) in [6, 6.07) is 14.2. The van der Waals surface area contributed by atoms with Crippen LogP contribution in [0.15, 0.2) is 53.3 Å². The number of pyridine rings is 1. The number of carbonyl (C=O) groups excluding carboxylic acids is 2. The summed E-state index contributed by atoms with van der Waals surface area (Å²) in [5, 5.41) is 3.50. The number of benzene rings is 2. The Balaban J connectivity index is 1.65. The fraction of sp³-hybridized carbons (Fsp3) is 0.292. The zero-order chi connectivity index (χ0) is 22.0. The maximum Gasteiger partial charge on any atom is 0.254 e. The summed E-state index contributed by atoms with van der Waals surface area (Å²) >= 11 is 0. The van der Waals surface area contributed by atoms with Crippen molar-refractivity contribution in [3.63, 3.8) is 0 Å². The van der Waals surface area contributed by atoms with E-state index in [1.54, 1.807) is 23.1 Å². The van der Waals surface area contributed by atoms with E-state index in [9.17, 15) is 14.4 Å². The highest BCUT2D eigenvalue weighted by Crippen LogP contribution is 2.20. The molecule has 0 saturated carbocycles. The number of aromatic nitrogens is 1. The maximum atomic E-state index is 13.0.